The zero-order valence-electron chi connectivity index (χ0n) is 12.4. The third kappa shape index (κ3) is 4.25. The molecule has 0 bridgehead atoms. The Morgan fingerprint density at radius 2 is 1.64 bits per heavy atom. The number of benzene rings is 1. The Morgan fingerprint density at radius 3 is 2.16 bits per heavy atom. The van der Waals surface area contributed by atoms with E-state index in [9.17, 15) is 35.5 Å². The molecule has 1 aromatic carbocycles. The molecule has 134 valence electrons. The molecule has 0 atom stereocenters. The van der Waals surface area contributed by atoms with Gasteiger partial charge in [-0.05, 0) is 37.3 Å². The molecular formula is C15H9F7N2O. The molecule has 0 aliphatic rings. The summed E-state index contributed by atoms with van der Waals surface area (Å²) in [7, 11) is 0. The summed E-state index contributed by atoms with van der Waals surface area (Å²) < 4.78 is 88.7. The number of rotatable bonds is 2. The van der Waals surface area contributed by atoms with Gasteiger partial charge < -0.3 is 5.32 Å². The predicted molar refractivity (Wildman–Crippen MR) is 73.3 cm³/mol. The van der Waals surface area contributed by atoms with Gasteiger partial charge in [-0.15, -0.1) is 0 Å². The predicted octanol–water partition coefficient (Wildman–Crippen LogP) is 4.82. The highest BCUT2D eigenvalue weighted by atomic mass is 19.4. The van der Waals surface area contributed by atoms with Crippen LogP contribution in [-0.4, -0.2) is 10.9 Å². The van der Waals surface area contributed by atoms with E-state index in [4.69, 9.17) is 0 Å². The molecule has 0 fully saturated rings. The summed E-state index contributed by atoms with van der Waals surface area (Å²) in [6, 6.07) is 3.24. The second-order valence-corrected chi connectivity index (χ2v) is 4.97. The summed E-state index contributed by atoms with van der Waals surface area (Å²) in [5, 5.41) is 2.07. The molecular weight excluding hydrogens is 357 g/mol. The maximum absolute atomic E-state index is 13.2. The number of nitrogens with zero attached hydrogens (tertiary/aromatic N) is 1. The minimum Gasteiger partial charge on any atom is -0.322 e. The summed E-state index contributed by atoms with van der Waals surface area (Å²) in [6.45, 7) is 1.15. The van der Waals surface area contributed by atoms with Gasteiger partial charge in [0.1, 0.15) is 11.5 Å². The average molecular weight is 366 g/mol. The van der Waals surface area contributed by atoms with Gasteiger partial charge in [0.25, 0.3) is 5.91 Å². The van der Waals surface area contributed by atoms with E-state index in [-0.39, 0.29) is 16.9 Å². The van der Waals surface area contributed by atoms with Crippen LogP contribution < -0.4 is 5.32 Å². The monoisotopic (exact) mass is 366 g/mol. The Kier molecular flexibility index (Phi) is 4.74. The first kappa shape index (κ1) is 18.7. The first-order valence-electron chi connectivity index (χ1n) is 6.62. The number of amides is 1. The molecule has 1 amide bonds. The van der Waals surface area contributed by atoms with E-state index in [1.165, 1.54) is 0 Å². The molecule has 1 aromatic heterocycles. The molecule has 10 heteroatoms. The normalized spacial score (nSPS) is 12.2. The lowest BCUT2D eigenvalue weighted by Gasteiger charge is -2.12. The number of anilines is 1. The largest absolute Gasteiger partial charge is 0.433 e. The third-order valence-corrected chi connectivity index (χ3v) is 3.15. The maximum atomic E-state index is 13.2. The number of pyridine rings is 1. The van der Waals surface area contributed by atoms with Crippen LogP contribution in [0.25, 0.3) is 0 Å². The van der Waals surface area contributed by atoms with Gasteiger partial charge in [0.2, 0.25) is 0 Å². The SMILES string of the molecule is Cc1nc(C(F)(F)F)ccc1C(=O)Nc1ccc(F)c(C(F)(F)F)c1. The van der Waals surface area contributed by atoms with E-state index in [0.29, 0.717) is 18.2 Å². The smallest absolute Gasteiger partial charge is 0.322 e. The van der Waals surface area contributed by atoms with Crippen LogP contribution in [0.5, 0.6) is 0 Å². The van der Waals surface area contributed by atoms with Crippen molar-refractivity contribution >= 4 is 11.6 Å². The van der Waals surface area contributed by atoms with Gasteiger partial charge in [0, 0.05) is 5.69 Å². The lowest BCUT2D eigenvalue weighted by atomic mass is 10.1. The zero-order chi connectivity index (χ0) is 19.0. The molecule has 0 radical (unpaired) electrons. The van der Waals surface area contributed by atoms with Crippen molar-refractivity contribution in [3.8, 4) is 0 Å². The topological polar surface area (TPSA) is 42.0 Å². The summed E-state index contributed by atoms with van der Waals surface area (Å²) in [4.78, 5) is 15.3. The highest BCUT2D eigenvalue weighted by Gasteiger charge is 2.35. The van der Waals surface area contributed by atoms with Gasteiger partial charge in [-0.25, -0.2) is 9.37 Å². The highest BCUT2D eigenvalue weighted by Crippen LogP contribution is 2.33. The lowest BCUT2D eigenvalue weighted by molar-refractivity contribution is -0.141. The second-order valence-electron chi connectivity index (χ2n) is 4.97. The van der Waals surface area contributed by atoms with Gasteiger partial charge in [0.15, 0.2) is 0 Å². The fourth-order valence-corrected chi connectivity index (χ4v) is 1.98. The second kappa shape index (κ2) is 6.34. The fraction of sp³-hybridized carbons (Fsp3) is 0.200. The van der Waals surface area contributed by atoms with Gasteiger partial charge >= 0.3 is 12.4 Å². The molecule has 1 heterocycles. The van der Waals surface area contributed by atoms with Crippen molar-refractivity contribution in [3.63, 3.8) is 0 Å². The van der Waals surface area contributed by atoms with Crippen LogP contribution in [0.15, 0.2) is 30.3 Å². The fourth-order valence-electron chi connectivity index (χ4n) is 1.98. The summed E-state index contributed by atoms with van der Waals surface area (Å²) >= 11 is 0. The minimum atomic E-state index is -4.96. The van der Waals surface area contributed by atoms with Crippen molar-refractivity contribution in [2.24, 2.45) is 0 Å². The van der Waals surface area contributed by atoms with Crippen LogP contribution in [0.2, 0.25) is 0 Å². The van der Waals surface area contributed by atoms with Crippen LogP contribution in [0.1, 0.15) is 27.3 Å². The average Bonchev–Trinajstić information content (AvgIpc) is 2.46. The quantitative estimate of drug-likeness (QED) is 0.775. The van der Waals surface area contributed by atoms with Crippen molar-refractivity contribution in [3.05, 3.63) is 58.7 Å². The number of nitrogens with one attached hydrogen (secondary N) is 1. The molecule has 0 saturated carbocycles. The van der Waals surface area contributed by atoms with Gasteiger partial charge in [-0.1, -0.05) is 0 Å². The Labute approximate surface area is 136 Å². The molecule has 0 saturated heterocycles. The van der Waals surface area contributed by atoms with E-state index >= 15 is 0 Å². The first-order chi connectivity index (χ1) is 11.4. The van der Waals surface area contributed by atoms with Gasteiger partial charge in [0.05, 0.1) is 16.8 Å². The highest BCUT2D eigenvalue weighted by molar-refractivity contribution is 6.05. The Balaban J connectivity index is 2.29. The Morgan fingerprint density at radius 1 is 1.00 bits per heavy atom. The van der Waals surface area contributed by atoms with Crippen molar-refractivity contribution in [1.82, 2.24) is 4.98 Å². The number of aryl methyl sites for hydroxylation is 1. The number of hydrogen-bond donors (Lipinski definition) is 1. The molecule has 2 aromatic rings. The molecule has 0 unspecified atom stereocenters. The van der Waals surface area contributed by atoms with Gasteiger partial charge in [-0.2, -0.15) is 26.3 Å². The molecule has 3 nitrogen and oxygen atoms in total. The number of aromatic nitrogens is 1. The van der Waals surface area contributed by atoms with E-state index in [0.717, 1.165) is 19.1 Å². The van der Waals surface area contributed by atoms with Crippen molar-refractivity contribution in [1.29, 1.82) is 0 Å². The van der Waals surface area contributed by atoms with Gasteiger partial charge in [-0.3, -0.25) is 4.79 Å². The minimum absolute atomic E-state index is 0.258. The molecule has 1 N–H and O–H groups in total. The van der Waals surface area contributed by atoms with Crippen molar-refractivity contribution < 1.29 is 35.5 Å². The van der Waals surface area contributed by atoms with E-state index in [1.807, 2.05) is 0 Å². The van der Waals surface area contributed by atoms with E-state index < -0.39 is 35.3 Å². The van der Waals surface area contributed by atoms with Crippen LogP contribution in [0.4, 0.5) is 36.4 Å². The molecule has 0 spiro atoms. The summed E-state index contributed by atoms with van der Waals surface area (Å²) in [5.41, 5.74) is -3.66. The zero-order valence-corrected chi connectivity index (χ0v) is 12.4. The Hall–Kier alpha value is -2.65. The van der Waals surface area contributed by atoms with E-state index in [2.05, 4.69) is 10.3 Å². The van der Waals surface area contributed by atoms with Crippen molar-refractivity contribution in [2.45, 2.75) is 19.3 Å². The third-order valence-electron chi connectivity index (χ3n) is 3.15. The number of hydrogen-bond acceptors (Lipinski definition) is 2. The molecule has 0 aliphatic heterocycles. The number of halogens is 7. The maximum Gasteiger partial charge on any atom is 0.433 e. The van der Waals surface area contributed by atoms with E-state index in [1.54, 1.807) is 0 Å². The first-order valence-corrected chi connectivity index (χ1v) is 6.62. The number of carbonyl (C=O) groups excluding carboxylic acids is 1. The number of carbonyl (C=O) groups is 1. The Bertz CT molecular complexity index is 813. The molecule has 0 aliphatic carbocycles. The summed E-state index contributed by atoms with van der Waals surface area (Å²) in [5.74, 6) is -2.49. The summed E-state index contributed by atoms with van der Waals surface area (Å²) in [6.07, 6.45) is -9.66. The van der Waals surface area contributed by atoms with Crippen LogP contribution in [-0.2, 0) is 12.4 Å². The van der Waals surface area contributed by atoms with Crippen molar-refractivity contribution in [2.75, 3.05) is 5.32 Å². The van der Waals surface area contributed by atoms with Crippen LogP contribution >= 0.6 is 0 Å². The van der Waals surface area contributed by atoms with Crippen LogP contribution in [0.3, 0.4) is 0 Å². The molecule has 2 rings (SSSR count). The lowest BCUT2D eigenvalue weighted by Crippen LogP contribution is -2.17. The number of alkyl halides is 6. The standard InChI is InChI=1S/C15H9F7N2O/c1-7-9(3-5-12(23-7)15(20,21)22)13(25)24-8-2-4-11(16)10(6-8)14(17,18)19/h2-6H,1H3,(H,24,25). The molecule has 25 heavy (non-hydrogen) atoms. The van der Waals surface area contributed by atoms with Crippen LogP contribution in [0, 0.1) is 12.7 Å².